The molecule has 3 rings (SSSR count). The van der Waals surface area contributed by atoms with Crippen LogP contribution in [0.15, 0.2) is 24.3 Å². The second-order valence-electron chi connectivity index (χ2n) is 9.21. The molecule has 2 N–H and O–H groups in total. The van der Waals surface area contributed by atoms with E-state index in [0.29, 0.717) is 24.0 Å². The molecule has 0 bridgehead atoms. The standard InChI is InChI=1S/C23H38ClN3O/c1-5-27-22(18-6-8-20(24)9-7-18)19(14-23(27,4)16-28)15-25-21-10-12-26(13-11-21)17(2)3/h6-9,17,19,21-22,25,28H,5,10-16H2,1-4H3/t19-,22+,23+/m1/s1. The van der Waals surface area contributed by atoms with Crippen molar-refractivity contribution in [3.8, 4) is 0 Å². The second-order valence-corrected chi connectivity index (χ2v) is 9.65. The van der Waals surface area contributed by atoms with Crippen LogP contribution >= 0.6 is 11.6 Å². The summed E-state index contributed by atoms with van der Waals surface area (Å²) in [7, 11) is 0. The number of likely N-dealkylation sites (tertiary alicyclic amines) is 2. The summed E-state index contributed by atoms with van der Waals surface area (Å²) in [5, 5.41) is 14.8. The van der Waals surface area contributed by atoms with Crippen molar-refractivity contribution in [3.05, 3.63) is 34.9 Å². The Hall–Kier alpha value is -0.650. The van der Waals surface area contributed by atoms with Crippen LogP contribution in [0.2, 0.25) is 5.02 Å². The molecule has 0 amide bonds. The summed E-state index contributed by atoms with van der Waals surface area (Å²) in [6, 6.07) is 9.88. The molecule has 2 aliphatic rings. The fraction of sp³-hybridized carbons (Fsp3) is 0.739. The van der Waals surface area contributed by atoms with Crippen molar-refractivity contribution in [2.45, 2.75) is 70.6 Å². The fourth-order valence-electron chi connectivity index (χ4n) is 5.35. The van der Waals surface area contributed by atoms with E-state index in [4.69, 9.17) is 11.6 Å². The Labute approximate surface area is 176 Å². The molecule has 0 spiro atoms. The normalized spacial score (nSPS) is 30.4. The number of nitrogens with one attached hydrogen (secondary N) is 1. The summed E-state index contributed by atoms with van der Waals surface area (Å²) in [6.45, 7) is 13.5. The molecule has 4 nitrogen and oxygen atoms in total. The van der Waals surface area contributed by atoms with E-state index in [9.17, 15) is 5.11 Å². The summed E-state index contributed by atoms with van der Waals surface area (Å²) in [4.78, 5) is 5.07. The molecule has 2 fully saturated rings. The third-order valence-corrected chi connectivity index (χ3v) is 7.25. The Balaban J connectivity index is 1.69. The molecule has 0 radical (unpaired) electrons. The Kier molecular flexibility index (Phi) is 7.43. The average Bonchev–Trinajstić information content (AvgIpc) is 2.99. The lowest BCUT2D eigenvalue weighted by molar-refractivity contribution is 0.0578. The summed E-state index contributed by atoms with van der Waals surface area (Å²) < 4.78 is 0. The van der Waals surface area contributed by atoms with Crippen LogP contribution < -0.4 is 5.32 Å². The number of halogens is 1. The molecule has 2 saturated heterocycles. The highest BCUT2D eigenvalue weighted by Crippen LogP contribution is 2.46. The molecule has 3 atom stereocenters. The molecule has 2 aliphatic heterocycles. The van der Waals surface area contributed by atoms with Gasteiger partial charge in [-0.15, -0.1) is 0 Å². The number of hydrogen-bond acceptors (Lipinski definition) is 4. The fourth-order valence-corrected chi connectivity index (χ4v) is 5.48. The number of aliphatic hydroxyl groups is 1. The lowest BCUT2D eigenvalue weighted by atomic mass is 9.90. The highest BCUT2D eigenvalue weighted by molar-refractivity contribution is 6.30. The zero-order chi connectivity index (χ0) is 20.3. The van der Waals surface area contributed by atoms with E-state index in [-0.39, 0.29) is 12.1 Å². The Bertz CT molecular complexity index is 615. The lowest BCUT2D eigenvalue weighted by Gasteiger charge is -2.37. The van der Waals surface area contributed by atoms with Crippen molar-refractivity contribution in [1.29, 1.82) is 0 Å². The van der Waals surface area contributed by atoms with Crippen LogP contribution in [-0.4, -0.2) is 65.3 Å². The highest BCUT2D eigenvalue weighted by Gasteiger charge is 2.48. The van der Waals surface area contributed by atoms with Crippen molar-refractivity contribution >= 4 is 11.6 Å². The van der Waals surface area contributed by atoms with Crippen molar-refractivity contribution in [2.75, 3.05) is 32.8 Å². The van der Waals surface area contributed by atoms with Gasteiger partial charge in [0, 0.05) is 35.2 Å². The van der Waals surface area contributed by atoms with E-state index in [0.717, 1.165) is 24.5 Å². The first kappa shape index (κ1) is 22.0. The van der Waals surface area contributed by atoms with Gasteiger partial charge in [-0.25, -0.2) is 0 Å². The SMILES string of the molecule is CCN1[C@@H](c2ccc(Cl)cc2)[C@@H](CNC2CCN(C(C)C)CC2)C[C@@]1(C)CO. The van der Waals surface area contributed by atoms with Gasteiger partial charge in [0.25, 0.3) is 0 Å². The maximum Gasteiger partial charge on any atom is 0.0613 e. The molecular formula is C23H38ClN3O. The predicted octanol–water partition coefficient (Wildman–Crippen LogP) is 3.94. The Morgan fingerprint density at radius 1 is 1.21 bits per heavy atom. The topological polar surface area (TPSA) is 38.7 Å². The number of nitrogens with zero attached hydrogens (tertiary/aromatic N) is 2. The quantitative estimate of drug-likeness (QED) is 0.718. The van der Waals surface area contributed by atoms with Crippen LogP contribution in [-0.2, 0) is 0 Å². The summed E-state index contributed by atoms with van der Waals surface area (Å²) in [5.74, 6) is 0.487. The zero-order valence-electron chi connectivity index (χ0n) is 18.0. The van der Waals surface area contributed by atoms with Gasteiger partial charge in [-0.05, 0) is 83.3 Å². The zero-order valence-corrected chi connectivity index (χ0v) is 18.8. The number of rotatable bonds is 7. The van der Waals surface area contributed by atoms with Gasteiger partial charge in [-0.1, -0.05) is 30.7 Å². The van der Waals surface area contributed by atoms with Crippen LogP contribution in [0.5, 0.6) is 0 Å². The number of aliphatic hydroxyl groups excluding tert-OH is 1. The van der Waals surface area contributed by atoms with Gasteiger partial charge in [0.15, 0.2) is 0 Å². The van der Waals surface area contributed by atoms with Gasteiger partial charge in [0.1, 0.15) is 0 Å². The second kappa shape index (κ2) is 9.44. The number of likely N-dealkylation sites (N-methyl/N-ethyl adjacent to an activating group) is 1. The van der Waals surface area contributed by atoms with Crippen LogP contribution in [0.25, 0.3) is 0 Å². The maximum absolute atomic E-state index is 10.2. The first-order valence-corrected chi connectivity index (χ1v) is 11.4. The van der Waals surface area contributed by atoms with Gasteiger partial charge in [0.05, 0.1) is 6.61 Å². The first-order chi connectivity index (χ1) is 13.4. The van der Waals surface area contributed by atoms with Crippen molar-refractivity contribution in [2.24, 2.45) is 5.92 Å². The van der Waals surface area contributed by atoms with E-state index in [1.807, 2.05) is 12.1 Å². The number of hydrogen-bond donors (Lipinski definition) is 2. The molecule has 158 valence electrons. The monoisotopic (exact) mass is 407 g/mol. The van der Waals surface area contributed by atoms with Crippen LogP contribution in [0, 0.1) is 5.92 Å². The smallest absolute Gasteiger partial charge is 0.0613 e. The Morgan fingerprint density at radius 2 is 1.86 bits per heavy atom. The van der Waals surface area contributed by atoms with Crippen LogP contribution in [0.4, 0.5) is 0 Å². The number of piperidine rings is 1. The van der Waals surface area contributed by atoms with Gasteiger partial charge in [-0.3, -0.25) is 4.90 Å². The lowest BCUT2D eigenvalue weighted by Crippen LogP contribution is -2.46. The predicted molar refractivity (Wildman–Crippen MR) is 118 cm³/mol. The first-order valence-electron chi connectivity index (χ1n) is 11.0. The molecule has 0 saturated carbocycles. The third-order valence-electron chi connectivity index (χ3n) is 7.00. The molecular weight excluding hydrogens is 370 g/mol. The van der Waals surface area contributed by atoms with E-state index in [2.05, 4.69) is 54.9 Å². The molecule has 0 aromatic heterocycles. The molecule has 1 aromatic carbocycles. The Morgan fingerprint density at radius 3 is 2.39 bits per heavy atom. The molecule has 1 aromatic rings. The maximum atomic E-state index is 10.2. The van der Waals surface area contributed by atoms with Crippen molar-refractivity contribution < 1.29 is 5.11 Å². The van der Waals surface area contributed by atoms with Gasteiger partial charge in [0.2, 0.25) is 0 Å². The van der Waals surface area contributed by atoms with Crippen LogP contribution in [0.1, 0.15) is 58.6 Å². The minimum absolute atomic E-state index is 0.160. The van der Waals surface area contributed by atoms with E-state index in [1.54, 1.807) is 0 Å². The molecule has 5 heteroatoms. The van der Waals surface area contributed by atoms with E-state index >= 15 is 0 Å². The number of benzene rings is 1. The molecule has 0 aliphatic carbocycles. The molecule has 28 heavy (non-hydrogen) atoms. The summed E-state index contributed by atoms with van der Waals surface area (Å²) in [5.41, 5.74) is 1.15. The molecule has 0 unspecified atom stereocenters. The minimum atomic E-state index is -0.160. The van der Waals surface area contributed by atoms with E-state index < -0.39 is 0 Å². The van der Waals surface area contributed by atoms with Gasteiger partial charge < -0.3 is 15.3 Å². The van der Waals surface area contributed by atoms with Crippen molar-refractivity contribution in [3.63, 3.8) is 0 Å². The van der Waals surface area contributed by atoms with Crippen molar-refractivity contribution in [1.82, 2.24) is 15.1 Å². The van der Waals surface area contributed by atoms with Gasteiger partial charge >= 0.3 is 0 Å². The molecule has 2 heterocycles. The van der Waals surface area contributed by atoms with E-state index in [1.165, 1.54) is 31.5 Å². The largest absolute Gasteiger partial charge is 0.394 e. The highest BCUT2D eigenvalue weighted by atomic mass is 35.5. The summed E-state index contributed by atoms with van der Waals surface area (Å²) in [6.07, 6.45) is 3.47. The minimum Gasteiger partial charge on any atom is -0.394 e. The summed E-state index contributed by atoms with van der Waals surface area (Å²) >= 11 is 6.14. The average molecular weight is 408 g/mol. The third kappa shape index (κ3) is 4.73. The van der Waals surface area contributed by atoms with Crippen LogP contribution in [0.3, 0.4) is 0 Å². The van der Waals surface area contributed by atoms with Gasteiger partial charge in [-0.2, -0.15) is 0 Å².